The molecule has 0 aliphatic heterocycles. The Kier molecular flexibility index (Phi) is 3.41. The molecule has 0 aromatic heterocycles. The van der Waals surface area contributed by atoms with Crippen LogP contribution in [0.3, 0.4) is 0 Å². The zero-order valence-electron chi connectivity index (χ0n) is 12.2. The highest BCUT2D eigenvalue weighted by atomic mass is 16.5. The number of hydrogen-bond donors (Lipinski definition) is 0. The molecule has 19 heavy (non-hydrogen) atoms. The lowest BCUT2D eigenvalue weighted by atomic mass is 9.52. The maximum atomic E-state index is 12.1. The molecule has 1 spiro atoms. The van der Waals surface area contributed by atoms with Gasteiger partial charge in [-0.1, -0.05) is 25.5 Å². The summed E-state index contributed by atoms with van der Waals surface area (Å²) in [4.78, 5) is 24.0. The number of ether oxygens (including phenoxy) is 1. The molecule has 0 heterocycles. The number of ketones is 1. The Labute approximate surface area is 114 Å². The molecule has 2 rings (SSSR count). The first kappa shape index (κ1) is 14.0. The molecule has 3 nitrogen and oxygen atoms in total. The van der Waals surface area contributed by atoms with E-state index in [9.17, 15) is 9.59 Å². The zero-order chi connectivity index (χ0) is 14.3. The second kappa shape index (κ2) is 4.62. The third-order valence-corrected chi connectivity index (χ3v) is 4.88. The zero-order valence-corrected chi connectivity index (χ0v) is 12.2. The van der Waals surface area contributed by atoms with Crippen molar-refractivity contribution >= 4 is 11.8 Å². The maximum Gasteiger partial charge on any atom is 0.334 e. The fourth-order valence-corrected chi connectivity index (χ4v) is 3.51. The summed E-state index contributed by atoms with van der Waals surface area (Å²) in [7, 11) is 1.38. The number of carbonyl (C=O) groups excluding carboxylic acids is 2. The average Bonchev–Trinajstić information content (AvgIpc) is 2.34. The Morgan fingerprint density at radius 2 is 2.05 bits per heavy atom. The Morgan fingerprint density at radius 3 is 2.58 bits per heavy atom. The molecule has 0 radical (unpaired) electrons. The van der Waals surface area contributed by atoms with Crippen molar-refractivity contribution in [3.63, 3.8) is 0 Å². The summed E-state index contributed by atoms with van der Waals surface area (Å²) in [5.74, 6) is -0.323. The van der Waals surface area contributed by atoms with Crippen LogP contribution in [0.25, 0.3) is 0 Å². The Morgan fingerprint density at radius 1 is 1.37 bits per heavy atom. The Balaban J connectivity index is 2.54. The second-order valence-electron chi connectivity index (χ2n) is 6.41. The van der Waals surface area contributed by atoms with E-state index in [1.807, 2.05) is 0 Å². The van der Waals surface area contributed by atoms with Crippen LogP contribution in [0.1, 0.15) is 46.5 Å². The molecule has 1 unspecified atom stereocenters. The molecule has 0 saturated heterocycles. The van der Waals surface area contributed by atoms with Gasteiger partial charge in [0, 0.05) is 17.4 Å². The molecule has 3 heteroatoms. The molecule has 2 aliphatic carbocycles. The van der Waals surface area contributed by atoms with Crippen LogP contribution in [0.2, 0.25) is 0 Å². The van der Waals surface area contributed by atoms with Crippen molar-refractivity contribution in [1.82, 2.24) is 0 Å². The molecule has 0 aromatic rings. The predicted octanol–water partition coefficient (Wildman–Crippen LogP) is 3.20. The van der Waals surface area contributed by atoms with E-state index < -0.39 is 0 Å². The summed E-state index contributed by atoms with van der Waals surface area (Å²) in [6.45, 7) is 6.31. The number of rotatable bonds is 1. The smallest absolute Gasteiger partial charge is 0.334 e. The SMILES string of the molecule is COC(=O)C1=CC(=O)CC(C)(C)C12CC=C(C)CC2. The highest BCUT2D eigenvalue weighted by Gasteiger charge is 2.53. The minimum Gasteiger partial charge on any atom is -0.466 e. The molecule has 1 atom stereocenters. The van der Waals surface area contributed by atoms with Gasteiger partial charge >= 0.3 is 5.97 Å². The summed E-state index contributed by atoms with van der Waals surface area (Å²) >= 11 is 0. The third-order valence-electron chi connectivity index (χ3n) is 4.88. The van der Waals surface area contributed by atoms with Gasteiger partial charge in [0.15, 0.2) is 5.78 Å². The van der Waals surface area contributed by atoms with Crippen LogP contribution >= 0.6 is 0 Å². The average molecular weight is 262 g/mol. The monoisotopic (exact) mass is 262 g/mol. The van der Waals surface area contributed by atoms with Crippen molar-refractivity contribution in [2.75, 3.05) is 7.11 Å². The Bertz CT molecular complexity index is 482. The number of esters is 1. The minimum atomic E-state index is -0.353. The van der Waals surface area contributed by atoms with Gasteiger partial charge in [-0.25, -0.2) is 4.79 Å². The molecule has 0 aromatic carbocycles. The molecular weight excluding hydrogens is 240 g/mol. The van der Waals surface area contributed by atoms with Crippen LogP contribution in [0.5, 0.6) is 0 Å². The summed E-state index contributed by atoms with van der Waals surface area (Å²) in [6, 6.07) is 0. The van der Waals surface area contributed by atoms with E-state index in [-0.39, 0.29) is 22.6 Å². The van der Waals surface area contributed by atoms with Gasteiger partial charge in [0.05, 0.1) is 7.11 Å². The van der Waals surface area contributed by atoms with Crippen LogP contribution in [0.15, 0.2) is 23.3 Å². The van der Waals surface area contributed by atoms with Gasteiger partial charge in [-0.3, -0.25) is 4.79 Å². The lowest BCUT2D eigenvalue weighted by Crippen LogP contribution is -2.47. The highest BCUT2D eigenvalue weighted by Crippen LogP contribution is 2.57. The lowest BCUT2D eigenvalue weighted by Gasteiger charge is -2.51. The summed E-state index contributed by atoms with van der Waals surface area (Å²) < 4.78 is 4.91. The maximum absolute atomic E-state index is 12.1. The summed E-state index contributed by atoms with van der Waals surface area (Å²) in [5.41, 5.74) is 1.47. The quantitative estimate of drug-likeness (QED) is 0.538. The largest absolute Gasteiger partial charge is 0.466 e. The molecule has 0 amide bonds. The van der Waals surface area contributed by atoms with Crippen molar-refractivity contribution in [2.24, 2.45) is 10.8 Å². The highest BCUT2D eigenvalue weighted by molar-refractivity contribution is 6.02. The number of hydrogen-bond acceptors (Lipinski definition) is 3. The molecule has 0 N–H and O–H groups in total. The number of carbonyl (C=O) groups is 2. The standard InChI is InChI=1S/C16H22O3/c1-11-5-7-16(8-6-11)13(14(18)19-4)9-12(17)10-15(16,2)3/h5,9H,6-8,10H2,1-4H3. The van der Waals surface area contributed by atoms with Gasteiger partial charge in [0.1, 0.15) is 0 Å². The van der Waals surface area contributed by atoms with Gasteiger partial charge in [-0.2, -0.15) is 0 Å². The van der Waals surface area contributed by atoms with Crippen LogP contribution in [-0.4, -0.2) is 18.9 Å². The van der Waals surface area contributed by atoms with Crippen molar-refractivity contribution in [3.8, 4) is 0 Å². The van der Waals surface area contributed by atoms with Gasteiger partial charge in [-0.05, 0) is 37.7 Å². The predicted molar refractivity (Wildman–Crippen MR) is 73.5 cm³/mol. The fraction of sp³-hybridized carbons (Fsp3) is 0.625. The molecular formula is C16H22O3. The van der Waals surface area contributed by atoms with Crippen LogP contribution < -0.4 is 0 Å². The van der Waals surface area contributed by atoms with Crippen molar-refractivity contribution in [2.45, 2.75) is 46.5 Å². The van der Waals surface area contributed by atoms with E-state index in [4.69, 9.17) is 4.74 Å². The minimum absolute atomic E-state index is 0.0299. The van der Waals surface area contributed by atoms with Crippen molar-refractivity contribution in [1.29, 1.82) is 0 Å². The Hall–Kier alpha value is -1.38. The number of methoxy groups -OCH3 is 1. The van der Waals surface area contributed by atoms with E-state index in [0.717, 1.165) is 19.3 Å². The van der Waals surface area contributed by atoms with E-state index in [1.165, 1.54) is 18.8 Å². The van der Waals surface area contributed by atoms with Gasteiger partial charge in [0.25, 0.3) is 0 Å². The molecule has 0 saturated carbocycles. The topological polar surface area (TPSA) is 43.4 Å². The van der Waals surface area contributed by atoms with Crippen LogP contribution in [0.4, 0.5) is 0 Å². The molecule has 104 valence electrons. The first-order valence-electron chi connectivity index (χ1n) is 6.81. The molecule has 2 aliphatic rings. The summed E-state index contributed by atoms with van der Waals surface area (Å²) in [6.07, 6.45) is 6.94. The van der Waals surface area contributed by atoms with Gasteiger partial charge in [-0.15, -0.1) is 0 Å². The molecule has 0 fully saturated rings. The van der Waals surface area contributed by atoms with Gasteiger partial charge < -0.3 is 4.74 Å². The first-order valence-corrected chi connectivity index (χ1v) is 6.81. The van der Waals surface area contributed by atoms with E-state index >= 15 is 0 Å². The van der Waals surface area contributed by atoms with Crippen molar-refractivity contribution in [3.05, 3.63) is 23.3 Å². The van der Waals surface area contributed by atoms with E-state index in [2.05, 4.69) is 26.8 Å². The van der Waals surface area contributed by atoms with Crippen molar-refractivity contribution < 1.29 is 14.3 Å². The lowest BCUT2D eigenvalue weighted by molar-refractivity contribution is -0.140. The van der Waals surface area contributed by atoms with E-state index in [1.54, 1.807) is 0 Å². The normalized spacial score (nSPS) is 29.8. The number of allylic oxidation sites excluding steroid dienone is 3. The van der Waals surface area contributed by atoms with E-state index in [0.29, 0.717) is 12.0 Å². The fourth-order valence-electron chi connectivity index (χ4n) is 3.51. The third kappa shape index (κ3) is 2.15. The second-order valence-corrected chi connectivity index (χ2v) is 6.41. The first-order chi connectivity index (χ1) is 8.82. The van der Waals surface area contributed by atoms with Crippen LogP contribution in [-0.2, 0) is 14.3 Å². The van der Waals surface area contributed by atoms with Gasteiger partial charge in [0.2, 0.25) is 0 Å². The molecule has 0 bridgehead atoms. The summed E-state index contributed by atoms with van der Waals surface area (Å²) in [5, 5.41) is 0. The van der Waals surface area contributed by atoms with Crippen LogP contribution in [0, 0.1) is 10.8 Å².